The van der Waals surface area contributed by atoms with Gasteiger partial charge < -0.3 is 29.3 Å². The topological polar surface area (TPSA) is 127 Å². The van der Waals surface area contributed by atoms with Gasteiger partial charge in [0.05, 0.1) is 6.61 Å². The highest BCUT2D eigenvalue weighted by Gasteiger charge is 2.29. The smallest absolute Gasteiger partial charge is 0.408 e. The van der Waals surface area contributed by atoms with E-state index in [0.717, 1.165) is 44.2 Å². The molecule has 10 nitrogen and oxygen atoms in total. The molecule has 210 valence electrons. The number of hydrogen-bond donors (Lipinski definition) is 2. The van der Waals surface area contributed by atoms with Crippen molar-refractivity contribution in [2.45, 2.75) is 78.4 Å². The molecule has 1 fully saturated rings. The van der Waals surface area contributed by atoms with Crippen molar-refractivity contribution in [3.8, 4) is 5.75 Å². The number of carboxylic acid groups (broad SMARTS) is 1. The fraction of sp³-hybridized carbons (Fsp3) is 0.630. The van der Waals surface area contributed by atoms with E-state index in [1.807, 2.05) is 13.8 Å². The van der Waals surface area contributed by atoms with Gasteiger partial charge in [-0.3, -0.25) is 0 Å². The van der Waals surface area contributed by atoms with Crippen LogP contribution in [-0.4, -0.2) is 52.6 Å². The Hall–Kier alpha value is -3.37. The van der Waals surface area contributed by atoms with Crippen LogP contribution in [0.1, 0.15) is 84.2 Å². The van der Waals surface area contributed by atoms with Crippen LogP contribution < -0.4 is 15.0 Å². The molecule has 2 aromatic rings. The molecule has 1 aromatic heterocycles. The minimum absolute atomic E-state index is 0.183. The molecule has 11 heteroatoms. The summed E-state index contributed by atoms with van der Waals surface area (Å²) in [4.78, 5) is 30.3. The fourth-order valence-corrected chi connectivity index (χ4v) is 4.38. The number of amides is 1. The maximum absolute atomic E-state index is 14.8. The minimum atomic E-state index is -1.59. The van der Waals surface area contributed by atoms with E-state index in [-0.39, 0.29) is 11.5 Å². The Kier molecular flexibility index (Phi) is 9.56. The molecule has 1 amide bonds. The molecular formula is C27H39FN4O6. The molecule has 38 heavy (non-hydrogen) atoms. The predicted molar refractivity (Wildman–Crippen MR) is 139 cm³/mol. The van der Waals surface area contributed by atoms with E-state index in [1.165, 1.54) is 12.1 Å². The van der Waals surface area contributed by atoms with Gasteiger partial charge in [0, 0.05) is 30.6 Å². The van der Waals surface area contributed by atoms with Crippen molar-refractivity contribution in [2.75, 3.05) is 24.6 Å². The second-order valence-electron chi connectivity index (χ2n) is 11.1. The Balaban J connectivity index is 1.48. The van der Waals surface area contributed by atoms with Crippen LogP contribution in [0, 0.1) is 17.7 Å². The lowest BCUT2D eigenvalue weighted by atomic mass is 9.84. The number of piperidine rings is 1. The van der Waals surface area contributed by atoms with Crippen molar-refractivity contribution >= 4 is 18.1 Å². The van der Waals surface area contributed by atoms with Crippen LogP contribution in [0.15, 0.2) is 22.7 Å². The number of aliphatic carboxylic acids is 1. The summed E-state index contributed by atoms with van der Waals surface area (Å²) in [5, 5.41) is 15.8. The zero-order valence-corrected chi connectivity index (χ0v) is 23.0. The van der Waals surface area contributed by atoms with Crippen molar-refractivity contribution in [1.29, 1.82) is 0 Å². The van der Waals surface area contributed by atoms with Gasteiger partial charge in [-0.05, 0) is 64.0 Å². The van der Waals surface area contributed by atoms with Crippen LogP contribution in [0.3, 0.4) is 0 Å². The second-order valence-corrected chi connectivity index (χ2v) is 11.1. The molecule has 3 rings (SSSR count). The van der Waals surface area contributed by atoms with Crippen molar-refractivity contribution < 1.29 is 33.1 Å². The van der Waals surface area contributed by atoms with Crippen LogP contribution in [0.5, 0.6) is 5.75 Å². The number of aromatic nitrogens is 2. The number of halogens is 1. The highest BCUT2D eigenvalue weighted by Crippen LogP contribution is 2.30. The normalized spacial score (nSPS) is 16.3. The van der Waals surface area contributed by atoms with Gasteiger partial charge in [0.2, 0.25) is 0 Å². The summed E-state index contributed by atoms with van der Waals surface area (Å²) in [6.45, 7) is 13.3. The van der Waals surface area contributed by atoms with E-state index in [0.29, 0.717) is 30.2 Å². The van der Waals surface area contributed by atoms with Crippen molar-refractivity contribution in [2.24, 2.45) is 11.8 Å². The van der Waals surface area contributed by atoms with Crippen molar-refractivity contribution in [3.63, 3.8) is 0 Å². The van der Waals surface area contributed by atoms with Gasteiger partial charge in [0.25, 0.3) is 0 Å². The Morgan fingerprint density at radius 1 is 1.24 bits per heavy atom. The SMILES string of the molecule is CC(C)c1noc(N2CCC([C@H](C)CCOc3ccc([C@H](NC(=O)OC(C)(C)C)C(=O)O)c(F)c3)CC2)n1. The highest BCUT2D eigenvalue weighted by atomic mass is 19.1. The maximum atomic E-state index is 14.8. The summed E-state index contributed by atoms with van der Waals surface area (Å²) >= 11 is 0. The monoisotopic (exact) mass is 534 g/mol. The van der Waals surface area contributed by atoms with Crippen LogP contribution >= 0.6 is 0 Å². The number of nitrogens with one attached hydrogen (secondary N) is 1. The van der Waals surface area contributed by atoms with Crippen molar-refractivity contribution in [1.82, 2.24) is 15.5 Å². The van der Waals surface area contributed by atoms with Gasteiger partial charge in [-0.2, -0.15) is 4.98 Å². The third kappa shape index (κ3) is 8.06. The van der Waals surface area contributed by atoms with E-state index >= 15 is 0 Å². The molecule has 0 bridgehead atoms. The van der Waals surface area contributed by atoms with E-state index < -0.39 is 29.5 Å². The zero-order valence-electron chi connectivity index (χ0n) is 23.0. The number of alkyl carbamates (subject to hydrolysis) is 1. The average molecular weight is 535 g/mol. The molecule has 1 aromatic carbocycles. The first-order valence-corrected chi connectivity index (χ1v) is 13.1. The standard InChI is InChI=1S/C27H39FN4O6/c1-16(2)23-30-25(38-31-23)32-12-9-18(10-13-32)17(3)11-14-36-19-7-8-20(21(28)15-19)22(24(33)34)29-26(35)37-27(4,5)6/h7-8,15-18,22H,9-14H2,1-6H3,(H,29,35)(H,33,34)/t17-,22+/m1/s1. The molecular weight excluding hydrogens is 495 g/mol. The first kappa shape index (κ1) is 29.2. The number of benzene rings is 1. The maximum Gasteiger partial charge on any atom is 0.408 e. The van der Waals surface area contributed by atoms with Gasteiger partial charge >= 0.3 is 18.1 Å². The molecule has 1 aliphatic rings. The number of rotatable bonds is 10. The molecule has 0 saturated carbocycles. The second kappa shape index (κ2) is 12.4. The van der Waals surface area contributed by atoms with Gasteiger partial charge in [-0.15, -0.1) is 0 Å². The quantitative estimate of drug-likeness (QED) is 0.417. The lowest BCUT2D eigenvalue weighted by molar-refractivity contribution is -0.139. The number of nitrogens with zero attached hydrogens (tertiary/aromatic N) is 3. The summed E-state index contributed by atoms with van der Waals surface area (Å²) < 4.78 is 31.1. The van der Waals surface area contributed by atoms with Gasteiger partial charge in [0.15, 0.2) is 11.9 Å². The molecule has 2 atom stereocenters. The highest BCUT2D eigenvalue weighted by molar-refractivity contribution is 5.81. The lowest BCUT2D eigenvalue weighted by Crippen LogP contribution is -2.38. The molecule has 0 aliphatic carbocycles. The number of hydrogen-bond acceptors (Lipinski definition) is 8. The van der Waals surface area contributed by atoms with Crippen LogP contribution in [-0.2, 0) is 9.53 Å². The van der Waals surface area contributed by atoms with Gasteiger partial charge in [-0.25, -0.2) is 14.0 Å². The number of carbonyl (C=O) groups excluding carboxylic acids is 1. The minimum Gasteiger partial charge on any atom is -0.493 e. The Morgan fingerprint density at radius 3 is 2.47 bits per heavy atom. The van der Waals surface area contributed by atoms with Crippen LogP contribution in [0.25, 0.3) is 0 Å². The molecule has 1 saturated heterocycles. The first-order chi connectivity index (χ1) is 17.8. The largest absolute Gasteiger partial charge is 0.493 e. The fourth-order valence-electron chi connectivity index (χ4n) is 4.38. The Morgan fingerprint density at radius 2 is 1.92 bits per heavy atom. The Bertz CT molecular complexity index is 1090. The summed E-state index contributed by atoms with van der Waals surface area (Å²) in [7, 11) is 0. The summed E-state index contributed by atoms with van der Waals surface area (Å²) in [6.07, 6.45) is 1.86. The summed E-state index contributed by atoms with van der Waals surface area (Å²) in [5.41, 5.74) is -0.999. The van der Waals surface area contributed by atoms with E-state index in [9.17, 15) is 19.1 Å². The molecule has 2 heterocycles. The summed E-state index contributed by atoms with van der Waals surface area (Å²) in [5.74, 6) is -0.0127. The van der Waals surface area contributed by atoms with Gasteiger partial charge in [-0.1, -0.05) is 25.9 Å². The molecule has 0 unspecified atom stereocenters. The third-order valence-electron chi connectivity index (χ3n) is 6.60. The molecule has 1 aliphatic heterocycles. The zero-order chi connectivity index (χ0) is 28.0. The number of carboxylic acids is 1. The molecule has 0 spiro atoms. The number of ether oxygens (including phenoxy) is 2. The van der Waals surface area contributed by atoms with Crippen LogP contribution in [0.2, 0.25) is 0 Å². The van der Waals surface area contributed by atoms with E-state index in [4.69, 9.17) is 14.0 Å². The molecule has 2 N–H and O–H groups in total. The number of anilines is 1. The van der Waals surface area contributed by atoms with E-state index in [2.05, 4.69) is 27.3 Å². The first-order valence-electron chi connectivity index (χ1n) is 13.1. The van der Waals surface area contributed by atoms with E-state index in [1.54, 1.807) is 20.8 Å². The third-order valence-corrected chi connectivity index (χ3v) is 6.60. The van der Waals surface area contributed by atoms with Gasteiger partial charge in [0.1, 0.15) is 17.2 Å². The summed E-state index contributed by atoms with van der Waals surface area (Å²) in [6, 6.07) is 2.95. The molecule has 0 radical (unpaired) electrons. The predicted octanol–water partition coefficient (Wildman–Crippen LogP) is 5.30. The Labute approximate surface area is 222 Å². The number of carbonyl (C=O) groups is 2. The average Bonchev–Trinajstić information content (AvgIpc) is 3.33. The van der Waals surface area contributed by atoms with Crippen LogP contribution in [0.4, 0.5) is 15.2 Å². The van der Waals surface area contributed by atoms with Crippen molar-refractivity contribution in [3.05, 3.63) is 35.4 Å². The lowest BCUT2D eigenvalue weighted by Gasteiger charge is -2.33.